The predicted octanol–water partition coefficient (Wildman–Crippen LogP) is 0.770. The predicted molar refractivity (Wildman–Crippen MR) is 52.8 cm³/mol. The molecule has 1 rings (SSSR count). The van der Waals surface area contributed by atoms with E-state index in [9.17, 15) is 0 Å². The van der Waals surface area contributed by atoms with Gasteiger partial charge in [0, 0.05) is 4.78 Å². The van der Waals surface area contributed by atoms with Crippen molar-refractivity contribution in [2.24, 2.45) is 0 Å². The standard InChI is InChI=1S/C8H13BO2S/c1-2-3-4-7-5-6-12-8(7)9(10)11/h5-6,10-11H,2-4H2,1H3. The summed E-state index contributed by atoms with van der Waals surface area (Å²) in [7, 11) is -1.29. The van der Waals surface area contributed by atoms with E-state index in [1.807, 2.05) is 11.4 Å². The Morgan fingerprint density at radius 2 is 2.25 bits per heavy atom. The first-order valence-corrected chi connectivity index (χ1v) is 5.06. The Morgan fingerprint density at radius 1 is 1.50 bits per heavy atom. The molecule has 66 valence electrons. The Morgan fingerprint density at radius 3 is 2.83 bits per heavy atom. The maximum atomic E-state index is 8.96. The fraction of sp³-hybridized carbons (Fsp3) is 0.500. The second-order valence-corrected chi connectivity index (χ2v) is 3.74. The summed E-state index contributed by atoms with van der Waals surface area (Å²) in [4.78, 5) is 0. The van der Waals surface area contributed by atoms with Crippen LogP contribution in [-0.4, -0.2) is 17.2 Å². The molecule has 0 atom stereocenters. The maximum absolute atomic E-state index is 8.96. The second-order valence-electron chi connectivity index (χ2n) is 2.79. The van der Waals surface area contributed by atoms with Crippen molar-refractivity contribution < 1.29 is 10.0 Å². The summed E-state index contributed by atoms with van der Waals surface area (Å²) in [5, 5.41) is 19.8. The second kappa shape index (κ2) is 4.65. The zero-order chi connectivity index (χ0) is 8.97. The highest BCUT2D eigenvalue weighted by Crippen LogP contribution is 2.07. The zero-order valence-corrected chi connectivity index (χ0v) is 7.97. The van der Waals surface area contributed by atoms with Crippen molar-refractivity contribution in [3.05, 3.63) is 17.0 Å². The Labute approximate surface area is 77.0 Å². The fourth-order valence-corrected chi connectivity index (χ4v) is 1.97. The number of hydrogen-bond acceptors (Lipinski definition) is 3. The van der Waals surface area contributed by atoms with Crippen molar-refractivity contribution >= 4 is 23.2 Å². The van der Waals surface area contributed by atoms with Gasteiger partial charge in [0.15, 0.2) is 0 Å². The lowest BCUT2D eigenvalue weighted by atomic mass is 9.85. The monoisotopic (exact) mass is 184 g/mol. The Hall–Kier alpha value is -0.315. The zero-order valence-electron chi connectivity index (χ0n) is 7.16. The minimum absolute atomic E-state index is 0.698. The van der Waals surface area contributed by atoms with Gasteiger partial charge in [0.25, 0.3) is 0 Å². The molecular weight excluding hydrogens is 171 g/mol. The molecule has 2 nitrogen and oxygen atoms in total. The van der Waals surface area contributed by atoms with Crippen molar-refractivity contribution in [2.45, 2.75) is 26.2 Å². The third-order valence-electron chi connectivity index (χ3n) is 1.81. The summed E-state index contributed by atoms with van der Waals surface area (Å²) >= 11 is 1.41. The maximum Gasteiger partial charge on any atom is 0.499 e. The van der Waals surface area contributed by atoms with Gasteiger partial charge in [-0.3, -0.25) is 0 Å². The lowest BCUT2D eigenvalue weighted by Gasteiger charge is -2.00. The number of aryl methyl sites for hydroxylation is 1. The largest absolute Gasteiger partial charge is 0.499 e. The quantitative estimate of drug-likeness (QED) is 0.678. The van der Waals surface area contributed by atoms with Gasteiger partial charge in [-0.05, 0) is 29.9 Å². The van der Waals surface area contributed by atoms with Gasteiger partial charge in [-0.1, -0.05) is 13.3 Å². The van der Waals surface area contributed by atoms with Gasteiger partial charge in [0.1, 0.15) is 0 Å². The average Bonchev–Trinajstić information content (AvgIpc) is 2.48. The van der Waals surface area contributed by atoms with Crippen LogP contribution in [0, 0.1) is 0 Å². The summed E-state index contributed by atoms with van der Waals surface area (Å²) in [5.41, 5.74) is 1.08. The highest BCUT2D eigenvalue weighted by atomic mass is 32.1. The number of hydrogen-bond donors (Lipinski definition) is 2. The van der Waals surface area contributed by atoms with Crippen LogP contribution in [0.1, 0.15) is 25.3 Å². The van der Waals surface area contributed by atoms with Crippen molar-refractivity contribution in [3.8, 4) is 0 Å². The lowest BCUT2D eigenvalue weighted by molar-refractivity contribution is 0.426. The molecule has 1 aromatic rings. The minimum Gasteiger partial charge on any atom is -0.423 e. The van der Waals surface area contributed by atoms with Gasteiger partial charge in [-0.2, -0.15) is 11.3 Å². The smallest absolute Gasteiger partial charge is 0.423 e. The molecule has 0 unspecified atom stereocenters. The van der Waals surface area contributed by atoms with E-state index in [0.717, 1.165) is 24.8 Å². The molecule has 2 N–H and O–H groups in total. The van der Waals surface area contributed by atoms with Crippen LogP contribution in [0.4, 0.5) is 0 Å². The van der Waals surface area contributed by atoms with Crippen LogP contribution in [0.2, 0.25) is 0 Å². The minimum atomic E-state index is -1.29. The topological polar surface area (TPSA) is 40.5 Å². The van der Waals surface area contributed by atoms with Crippen molar-refractivity contribution in [1.29, 1.82) is 0 Å². The van der Waals surface area contributed by atoms with Gasteiger partial charge in [-0.25, -0.2) is 0 Å². The van der Waals surface area contributed by atoms with Gasteiger partial charge >= 0.3 is 7.12 Å². The Balaban J connectivity index is 2.64. The van der Waals surface area contributed by atoms with E-state index in [1.165, 1.54) is 11.3 Å². The summed E-state index contributed by atoms with van der Waals surface area (Å²) in [6.45, 7) is 2.13. The number of thiophene rings is 1. The van der Waals surface area contributed by atoms with Crippen molar-refractivity contribution in [2.75, 3.05) is 0 Å². The first kappa shape index (κ1) is 9.77. The van der Waals surface area contributed by atoms with E-state index in [4.69, 9.17) is 10.0 Å². The van der Waals surface area contributed by atoms with E-state index in [2.05, 4.69) is 6.92 Å². The van der Waals surface area contributed by atoms with Gasteiger partial charge in [0.2, 0.25) is 0 Å². The molecule has 0 fully saturated rings. The molecule has 0 radical (unpaired) electrons. The normalized spacial score (nSPS) is 10.2. The highest BCUT2D eigenvalue weighted by Gasteiger charge is 2.16. The molecule has 12 heavy (non-hydrogen) atoms. The molecule has 0 saturated carbocycles. The lowest BCUT2D eigenvalue weighted by Crippen LogP contribution is -2.29. The summed E-state index contributed by atoms with van der Waals surface area (Å²) in [6.07, 6.45) is 3.19. The molecule has 0 spiro atoms. The third kappa shape index (κ3) is 2.34. The molecule has 0 amide bonds. The SMILES string of the molecule is CCCCc1ccsc1B(O)O. The Kier molecular flexibility index (Phi) is 3.78. The van der Waals surface area contributed by atoms with E-state index < -0.39 is 7.12 Å². The van der Waals surface area contributed by atoms with Gasteiger partial charge < -0.3 is 10.0 Å². The average molecular weight is 184 g/mol. The summed E-state index contributed by atoms with van der Waals surface area (Å²) in [5.74, 6) is 0. The van der Waals surface area contributed by atoms with E-state index in [1.54, 1.807) is 0 Å². The molecule has 1 aromatic heterocycles. The fourth-order valence-electron chi connectivity index (χ4n) is 1.15. The first-order chi connectivity index (χ1) is 5.75. The molecule has 0 aliphatic rings. The van der Waals surface area contributed by atoms with Crippen LogP contribution >= 0.6 is 11.3 Å². The molecule has 0 saturated heterocycles. The third-order valence-corrected chi connectivity index (χ3v) is 2.81. The Bertz CT molecular complexity index is 235. The molecule has 1 heterocycles. The first-order valence-electron chi connectivity index (χ1n) is 4.18. The van der Waals surface area contributed by atoms with Crippen molar-refractivity contribution in [1.82, 2.24) is 0 Å². The number of unbranched alkanes of at least 4 members (excludes halogenated alkanes) is 1. The molecule has 0 aromatic carbocycles. The van der Waals surface area contributed by atoms with Crippen LogP contribution in [0.5, 0.6) is 0 Å². The molecular formula is C8H13BO2S. The van der Waals surface area contributed by atoms with Gasteiger partial charge in [-0.15, -0.1) is 0 Å². The molecule has 0 aliphatic heterocycles. The molecule has 4 heteroatoms. The van der Waals surface area contributed by atoms with E-state index in [-0.39, 0.29) is 0 Å². The van der Waals surface area contributed by atoms with Gasteiger partial charge in [0.05, 0.1) is 0 Å². The molecule has 0 aliphatic carbocycles. The van der Waals surface area contributed by atoms with Crippen LogP contribution in [0.25, 0.3) is 0 Å². The molecule has 0 bridgehead atoms. The van der Waals surface area contributed by atoms with Crippen LogP contribution in [-0.2, 0) is 6.42 Å². The van der Waals surface area contributed by atoms with Crippen LogP contribution in [0.15, 0.2) is 11.4 Å². The van der Waals surface area contributed by atoms with E-state index in [0.29, 0.717) is 4.78 Å². The number of rotatable bonds is 4. The van der Waals surface area contributed by atoms with Crippen molar-refractivity contribution in [3.63, 3.8) is 0 Å². The van der Waals surface area contributed by atoms with E-state index >= 15 is 0 Å². The summed E-state index contributed by atoms with van der Waals surface area (Å²) < 4.78 is 0.698. The van der Waals surface area contributed by atoms with Crippen LogP contribution in [0.3, 0.4) is 0 Å². The van der Waals surface area contributed by atoms with Crippen LogP contribution < -0.4 is 4.78 Å². The highest BCUT2D eigenvalue weighted by molar-refractivity contribution is 7.20. The summed E-state index contributed by atoms with van der Waals surface area (Å²) in [6, 6.07) is 1.97.